The molecule has 1 N–H and O–H groups in total. The summed E-state index contributed by atoms with van der Waals surface area (Å²) in [6.07, 6.45) is 1.05. The number of piperidine rings is 1. The van der Waals surface area contributed by atoms with E-state index < -0.39 is 23.2 Å². The van der Waals surface area contributed by atoms with Gasteiger partial charge in [0.05, 0.1) is 26.4 Å². The van der Waals surface area contributed by atoms with E-state index in [2.05, 4.69) is 4.98 Å². The molecule has 0 saturated carbocycles. The van der Waals surface area contributed by atoms with Crippen LogP contribution >= 0.6 is 22.9 Å². The number of aromatic nitrogens is 1. The van der Waals surface area contributed by atoms with Gasteiger partial charge < -0.3 is 14.9 Å². The highest BCUT2D eigenvalue weighted by molar-refractivity contribution is 7.17. The van der Waals surface area contributed by atoms with Gasteiger partial charge in [-0.2, -0.15) is 0 Å². The third kappa shape index (κ3) is 4.82. The van der Waals surface area contributed by atoms with E-state index in [4.69, 9.17) is 11.6 Å². The molecular weight excluding hydrogens is 481 g/mol. The van der Waals surface area contributed by atoms with E-state index in [-0.39, 0.29) is 27.6 Å². The molecule has 4 rings (SSSR count). The molecule has 0 aliphatic carbocycles. The predicted molar refractivity (Wildman–Crippen MR) is 128 cm³/mol. The van der Waals surface area contributed by atoms with Crippen molar-refractivity contribution in [1.82, 2.24) is 14.8 Å². The standard InChI is InChI=1S/C24H23ClFN3O4S/c1-28(2)23(32)21(30)16-13-34-18-11-17(25)20(27-19(16)18)22(31)29-9-7-24(33,8-10-29)12-14-3-5-15(26)6-4-14/h3-6,11,13,33H,7-10,12H2,1-2H3. The van der Waals surface area contributed by atoms with Gasteiger partial charge in [0, 0.05) is 39.0 Å². The number of carbonyl (C=O) groups is 3. The molecule has 10 heteroatoms. The van der Waals surface area contributed by atoms with E-state index in [1.165, 1.54) is 42.5 Å². The lowest BCUT2D eigenvalue weighted by atomic mass is 9.85. The van der Waals surface area contributed by atoms with Gasteiger partial charge in [0.1, 0.15) is 11.5 Å². The second kappa shape index (κ2) is 9.40. The molecule has 3 heterocycles. The first-order valence-electron chi connectivity index (χ1n) is 10.7. The van der Waals surface area contributed by atoms with Crippen LogP contribution in [0.3, 0.4) is 0 Å². The highest BCUT2D eigenvalue weighted by Crippen LogP contribution is 2.32. The molecule has 2 amide bonds. The summed E-state index contributed by atoms with van der Waals surface area (Å²) >= 11 is 7.57. The minimum atomic E-state index is -1.00. The number of carbonyl (C=O) groups excluding carboxylic acids is 3. The fourth-order valence-corrected chi connectivity index (χ4v) is 5.21. The van der Waals surface area contributed by atoms with Gasteiger partial charge in [0.2, 0.25) is 0 Å². The van der Waals surface area contributed by atoms with Crippen LogP contribution in [-0.4, -0.2) is 70.3 Å². The van der Waals surface area contributed by atoms with Crippen molar-refractivity contribution in [3.05, 3.63) is 63.4 Å². The number of aliphatic hydroxyl groups is 1. The monoisotopic (exact) mass is 503 g/mol. The highest BCUT2D eigenvalue weighted by Gasteiger charge is 2.35. The summed E-state index contributed by atoms with van der Waals surface area (Å²) in [5.41, 5.74) is 0.220. The zero-order valence-electron chi connectivity index (χ0n) is 18.7. The zero-order chi connectivity index (χ0) is 24.6. The molecule has 1 fully saturated rings. The van der Waals surface area contributed by atoms with Crippen molar-refractivity contribution in [3.63, 3.8) is 0 Å². The van der Waals surface area contributed by atoms with E-state index in [0.717, 1.165) is 5.56 Å². The Bertz CT molecular complexity index is 1270. The van der Waals surface area contributed by atoms with Crippen molar-refractivity contribution >= 4 is 50.8 Å². The third-order valence-electron chi connectivity index (χ3n) is 5.98. The molecular formula is C24H23ClFN3O4S. The lowest BCUT2D eigenvalue weighted by Crippen LogP contribution is -2.48. The van der Waals surface area contributed by atoms with Crippen LogP contribution < -0.4 is 0 Å². The highest BCUT2D eigenvalue weighted by atomic mass is 35.5. The maximum Gasteiger partial charge on any atom is 0.294 e. The van der Waals surface area contributed by atoms with Crippen molar-refractivity contribution in [2.75, 3.05) is 27.2 Å². The van der Waals surface area contributed by atoms with Gasteiger partial charge in [0.25, 0.3) is 17.6 Å². The minimum Gasteiger partial charge on any atom is -0.389 e. The molecule has 2 aromatic heterocycles. The number of rotatable bonds is 5. The molecule has 0 bridgehead atoms. The Kier molecular flexibility index (Phi) is 6.71. The number of pyridine rings is 1. The van der Waals surface area contributed by atoms with Crippen molar-refractivity contribution < 1.29 is 23.9 Å². The summed E-state index contributed by atoms with van der Waals surface area (Å²) in [6, 6.07) is 7.58. The molecule has 34 heavy (non-hydrogen) atoms. The van der Waals surface area contributed by atoms with Gasteiger partial charge >= 0.3 is 0 Å². The molecule has 0 atom stereocenters. The van der Waals surface area contributed by atoms with E-state index in [1.54, 1.807) is 28.5 Å². The lowest BCUT2D eigenvalue weighted by molar-refractivity contribution is -0.124. The zero-order valence-corrected chi connectivity index (χ0v) is 20.2. The molecule has 1 aromatic carbocycles. The summed E-state index contributed by atoms with van der Waals surface area (Å²) in [4.78, 5) is 45.1. The number of halogens is 2. The van der Waals surface area contributed by atoms with Gasteiger partial charge in [-0.1, -0.05) is 23.7 Å². The largest absolute Gasteiger partial charge is 0.389 e. The molecule has 0 unspecified atom stereocenters. The Hall–Kier alpha value is -2.88. The predicted octanol–water partition coefficient (Wildman–Crippen LogP) is 3.57. The summed E-state index contributed by atoms with van der Waals surface area (Å²) in [5.74, 6) is -2.12. The average molecular weight is 504 g/mol. The van der Waals surface area contributed by atoms with Crippen molar-refractivity contribution in [1.29, 1.82) is 0 Å². The molecule has 7 nitrogen and oxygen atoms in total. The van der Waals surface area contributed by atoms with E-state index in [9.17, 15) is 23.9 Å². The molecule has 0 radical (unpaired) electrons. The fraction of sp³-hybridized carbons (Fsp3) is 0.333. The number of fused-ring (bicyclic) bond motifs is 1. The first-order valence-corrected chi connectivity index (χ1v) is 11.9. The van der Waals surface area contributed by atoms with Gasteiger partial charge in [-0.15, -0.1) is 11.3 Å². The first-order chi connectivity index (χ1) is 16.1. The van der Waals surface area contributed by atoms with Crippen molar-refractivity contribution in [3.8, 4) is 0 Å². The average Bonchev–Trinajstić information content (AvgIpc) is 3.21. The van der Waals surface area contributed by atoms with Crippen LogP contribution in [0.1, 0.15) is 39.3 Å². The second-order valence-corrected chi connectivity index (χ2v) is 9.98. The number of hydrogen-bond donors (Lipinski definition) is 1. The van der Waals surface area contributed by atoms with Gasteiger partial charge in [-0.25, -0.2) is 9.37 Å². The fourth-order valence-electron chi connectivity index (χ4n) is 4.00. The van der Waals surface area contributed by atoms with Crippen LogP contribution in [-0.2, 0) is 11.2 Å². The van der Waals surface area contributed by atoms with Crippen molar-refractivity contribution in [2.45, 2.75) is 24.9 Å². The number of thiophene rings is 1. The van der Waals surface area contributed by atoms with Crippen LogP contribution in [0.2, 0.25) is 5.02 Å². The van der Waals surface area contributed by atoms with E-state index >= 15 is 0 Å². The van der Waals surface area contributed by atoms with Crippen molar-refractivity contribution in [2.24, 2.45) is 0 Å². The number of Topliss-reactive ketones (excluding diaryl/α,β-unsaturated/α-hetero) is 1. The van der Waals surface area contributed by atoms with Crippen LogP contribution in [0.15, 0.2) is 35.7 Å². The number of hydrogen-bond acceptors (Lipinski definition) is 6. The van der Waals surface area contributed by atoms with E-state index in [0.29, 0.717) is 37.1 Å². The number of ketones is 1. The smallest absolute Gasteiger partial charge is 0.294 e. The summed E-state index contributed by atoms with van der Waals surface area (Å²) in [6.45, 7) is 0.586. The number of nitrogens with zero attached hydrogens (tertiary/aromatic N) is 3. The normalized spacial score (nSPS) is 15.4. The summed E-state index contributed by atoms with van der Waals surface area (Å²) in [5, 5.41) is 12.7. The quantitative estimate of drug-likeness (QED) is 0.424. The van der Waals surface area contributed by atoms with E-state index in [1.807, 2.05) is 0 Å². The topological polar surface area (TPSA) is 90.8 Å². The SMILES string of the molecule is CN(C)C(=O)C(=O)c1csc2cc(Cl)c(C(=O)N3CCC(O)(Cc4ccc(F)cc4)CC3)nc12. The Morgan fingerprint density at radius 1 is 1.21 bits per heavy atom. The summed E-state index contributed by atoms with van der Waals surface area (Å²) < 4.78 is 13.8. The van der Waals surface area contributed by atoms with Gasteiger partial charge in [-0.05, 0) is 36.6 Å². The Balaban J connectivity index is 1.52. The first kappa shape index (κ1) is 24.3. The van der Waals surface area contributed by atoms with Gasteiger partial charge in [0.15, 0.2) is 0 Å². The minimum absolute atomic E-state index is 0.00268. The number of benzene rings is 1. The molecule has 0 spiro atoms. The molecule has 1 saturated heterocycles. The molecule has 178 valence electrons. The van der Waals surface area contributed by atoms with Crippen LogP contribution in [0.4, 0.5) is 4.39 Å². The third-order valence-corrected chi connectivity index (χ3v) is 7.18. The molecule has 1 aliphatic rings. The lowest BCUT2D eigenvalue weighted by Gasteiger charge is -2.38. The maximum absolute atomic E-state index is 13.2. The van der Waals surface area contributed by atoms with Crippen LogP contribution in [0.25, 0.3) is 10.2 Å². The number of amides is 2. The number of likely N-dealkylation sites (tertiary alicyclic amines) is 1. The van der Waals surface area contributed by atoms with Crippen LogP contribution in [0.5, 0.6) is 0 Å². The Labute approximate surface area is 204 Å². The summed E-state index contributed by atoms with van der Waals surface area (Å²) in [7, 11) is 2.98. The molecule has 3 aromatic rings. The van der Waals surface area contributed by atoms with Gasteiger partial charge in [-0.3, -0.25) is 14.4 Å². The Morgan fingerprint density at radius 3 is 2.47 bits per heavy atom. The Morgan fingerprint density at radius 2 is 1.85 bits per heavy atom. The maximum atomic E-state index is 13.2. The van der Waals surface area contributed by atoms with Crippen LogP contribution in [0, 0.1) is 5.82 Å². The molecule has 1 aliphatic heterocycles. The second-order valence-electron chi connectivity index (χ2n) is 8.66. The number of likely N-dealkylation sites (N-methyl/N-ethyl adjacent to an activating group) is 1.